The van der Waals surface area contributed by atoms with Gasteiger partial charge >= 0.3 is 0 Å². The van der Waals surface area contributed by atoms with Gasteiger partial charge in [0.25, 0.3) is 0 Å². The molecular formula is C17H22IN3O. The number of guanidine groups is 1. The van der Waals surface area contributed by atoms with Crippen LogP contribution in [0.1, 0.15) is 11.1 Å². The lowest BCUT2D eigenvalue weighted by molar-refractivity contribution is 0.417. The number of methoxy groups -OCH3 is 1. The number of aliphatic imine (C=N–C) groups is 1. The SMILES string of the molecule is COc1ccccc1NC(N)=NCCc1ccccc1C.I. The fourth-order valence-electron chi connectivity index (χ4n) is 2.11. The van der Waals surface area contributed by atoms with E-state index in [4.69, 9.17) is 10.5 Å². The van der Waals surface area contributed by atoms with E-state index in [-0.39, 0.29) is 24.0 Å². The Balaban J connectivity index is 0.00000242. The monoisotopic (exact) mass is 411 g/mol. The maximum absolute atomic E-state index is 5.91. The number of para-hydroxylation sites is 2. The van der Waals surface area contributed by atoms with Gasteiger partial charge in [-0.2, -0.15) is 0 Å². The molecule has 118 valence electrons. The number of nitrogens with two attached hydrogens (primary N) is 1. The molecule has 0 saturated carbocycles. The van der Waals surface area contributed by atoms with Gasteiger partial charge in [-0.3, -0.25) is 4.99 Å². The van der Waals surface area contributed by atoms with Crippen molar-refractivity contribution in [2.24, 2.45) is 10.7 Å². The molecule has 3 N–H and O–H groups in total. The van der Waals surface area contributed by atoms with Crippen molar-refractivity contribution in [3.05, 3.63) is 59.7 Å². The van der Waals surface area contributed by atoms with E-state index >= 15 is 0 Å². The number of nitrogens with zero attached hydrogens (tertiary/aromatic N) is 1. The number of rotatable bonds is 5. The second kappa shape index (κ2) is 9.30. The molecule has 0 fully saturated rings. The Bertz CT molecular complexity index is 629. The zero-order valence-electron chi connectivity index (χ0n) is 12.9. The van der Waals surface area contributed by atoms with Gasteiger partial charge in [0.2, 0.25) is 0 Å². The minimum atomic E-state index is 0. The van der Waals surface area contributed by atoms with Gasteiger partial charge in [0, 0.05) is 6.54 Å². The van der Waals surface area contributed by atoms with Gasteiger partial charge in [-0.05, 0) is 36.6 Å². The molecule has 0 aliphatic carbocycles. The Morgan fingerprint density at radius 1 is 1.14 bits per heavy atom. The van der Waals surface area contributed by atoms with Crippen molar-refractivity contribution >= 4 is 35.6 Å². The van der Waals surface area contributed by atoms with Crippen molar-refractivity contribution in [1.29, 1.82) is 0 Å². The number of ether oxygens (including phenoxy) is 1. The molecule has 0 spiro atoms. The first-order valence-electron chi connectivity index (χ1n) is 6.95. The fraction of sp³-hybridized carbons (Fsp3) is 0.235. The maximum Gasteiger partial charge on any atom is 0.193 e. The van der Waals surface area contributed by atoms with Gasteiger partial charge in [-0.1, -0.05) is 36.4 Å². The lowest BCUT2D eigenvalue weighted by atomic mass is 10.1. The van der Waals surface area contributed by atoms with Crippen molar-refractivity contribution < 1.29 is 4.74 Å². The Morgan fingerprint density at radius 3 is 2.55 bits per heavy atom. The molecule has 0 amide bonds. The van der Waals surface area contributed by atoms with Crippen LogP contribution in [-0.2, 0) is 6.42 Å². The Labute approximate surface area is 148 Å². The molecule has 2 aromatic rings. The first-order valence-corrected chi connectivity index (χ1v) is 6.95. The maximum atomic E-state index is 5.91. The summed E-state index contributed by atoms with van der Waals surface area (Å²) in [6.07, 6.45) is 0.876. The van der Waals surface area contributed by atoms with Gasteiger partial charge in [0.1, 0.15) is 5.75 Å². The molecule has 0 aliphatic rings. The predicted molar refractivity (Wildman–Crippen MR) is 103 cm³/mol. The quantitative estimate of drug-likeness (QED) is 0.449. The third kappa shape index (κ3) is 5.22. The summed E-state index contributed by atoms with van der Waals surface area (Å²) in [6, 6.07) is 15.9. The average molecular weight is 411 g/mol. The molecule has 4 nitrogen and oxygen atoms in total. The van der Waals surface area contributed by atoms with Gasteiger partial charge in [0.15, 0.2) is 5.96 Å². The number of hydrogen-bond acceptors (Lipinski definition) is 2. The van der Waals surface area contributed by atoms with Crippen molar-refractivity contribution in [2.75, 3.05) is 19.0 Å². The van der Waals surface area contributed by atoms with Crippen LogP contribution < -0.4 is 15.8 Å². The fourth-order valence-corrected chi connectivity index (χ4v) is 2.11. The van der Waals surface area contributed by atoms with Gasteiger partial charge in [0.05, 0.1) is 12.8 Å². The number of halogens is 1. The second-order valence-corrected chi connectivity index (χ2v) is 4.77. The van der Waals surface area contributed by atoms with Crippen molar-refractivity contribution in [2.45, 2.75) is 13.3 Å². The van der Waals surface area contributed by atoms with Crippen LogP contribution in [0.3, 0.4) is 0 Å². The van der Waals surface area contributed by atoms with E-state index in [0.717, 1.165) is 17.9 Å². The molecular weight excluding hydrogens is 389 g/mol. The molecule has 2 aromatic carbocycles. The molecule has 0 aliphatic heterocycles. The summed E-state index contributed by atoms with van der Waals surface area (Å²) < 4.78 is 5.26. The van der Waals surface area contributed by atoms with Gasteiger partial charge < -0.3 is 15.8 Å². The summed E-state index contributed by atoms with van der Waals surface area (Å²) in [6.45, 7) is 2.76. The summed E-state index contributed by atoms with van der Waals surface area (Å²) in [4.78, 5) is 4.36. The molecule has 0 atom stereocenters. The number of hydrogen-bond donors (Lipinski definition) is 2. The Kier molecular flexibility index (Phi) is 7.73. The Hall–Kier alpha value is -1.76. The number of aryl methyl sites for hydroxylation is 1. The smallest absolute Gasteiger partial charge is 0.193 e. The minimum Gasteiger partial charge on any atom is -0.495 e. The highest BCUT2D eigenvalue weighted by atomic mass is 127. The standard InChI is InChI=1S/C17H21N3O.HI/c1-13-7-3-4-8-14(13)11-12-19-17(18)20-15-9-5-6-10-16(15)21-2;/h3-10H,11-12H2,1-2H3,(H3,18,19,20);1H. The summed E-state index contributed by atoms with van der Waals surface area (Å²) in [5.74, 6) is 1.14. The second-order valence-electron chi connectivity index (χ2n) is 4.77. The third-order valence-corrected chi connectivity index (χ3v) is 3.29. The van der Waals surface area contributed by atoms with Crippen LogP contribution in [0.4, 0.5) is 5.69 Å². The highest BCUT2D eigenvalue weighted by Crippen LogP contribution is 2.22. The van der Waals surface area contributed by atoms with E-state index in [1.165, 1.54) is 11.1 Å². The summed E-state index contributed by atoms with van der Waals surface area (Å²) >= 11 is 0. The van der Waals surface area contributed by atoms with Crippen LogP contribution in [0, 0.1) is 6.92 Å². The van der Waals surface area contributed by atoms with E-state index < -0.39 is 0 Å². The lowest BCUT2D eigenvalue weighted by Gasteiger charge is -2.10. The topological polar surface area (TPSA) is 59.6 Å². The number of nitrogens with one attached hydrogen (secondary N) is 1. The largest absolute Gasteiger partial charge is 0.495 e. The first kappa shape index (κ1) is 18.3. The van der Waals surface area contributed by atoms with Crippen LogP contribution in [0.5, 0.6) is 5.75 Å². The molecule has 5 heteroatoms. The van der Waals surface area contributed by atoms with Crippen LogP contribution in [0.15, 0.2) is 53.5 Å². The summed E-state index contributed by atoms with van der Waals surface area (Å²) in [7, 11) is 1.63. The number of benzene rings is 2. The van der Waals surface area contributed by atoms with E-state index in [2.05, 4.69) is 29.4 Å². The van der Waals surface area contributed by atoms with Gasteiger partial charge in [-0.25, -0.2) is 0 Å². The minimum absolute atomic E-state index is 0. The molecule has 0 radical (unpaired) electrons. The molecule has 0 heterocycles. The van der Waals surface area contributed by atoms with Crippen LogP contribution in [0.2, 0.25) is 0 Å². The molecule has 22 heavy (non-hydrogen) atoms. The highest BCUT2D eigenvalue weighted by molar-refractivity contribution is 14.0. The van der Waals surface area contributed by atoms with Crippen LogP contribution in [-0.4, -0.2) is 19.6 Å². The van der Waals surface area contributed by atoms with Crippen molar-refractivity contribution in [3.63, 3.8) is 0 Å². The van der Waals surface area contributed by atoms with E-state index in [1.54, 1.807) is 7.11 Å². The zero-order chi connectivity index (χ0) is 15.1. The normalized spacial score (nSPS) is 10.7. The van der Waals surface area contributed by atoms with Gasteiger partial charge in [-0.15, -0.1) is 24.0 Å². The van der Waals surface area contributed by atoms with E-state index in [0.29, 0.717) is 12.5 Å². The zero-order valence-corrected chi connectivity index (χ0v) is 15.2. The van der Waals surface area contributed by atoms with Crippen molar-refractivity contribution in [1.82, 2.24) is 0 Å². The highest BCUT2D eigenvalue weighted by Gasteiger charge is 2.02. The Morgan fingerprint density at radius 2 is 1.82 bits per heavy atom. The molecule has 0 saturated heterocycles. The predicted octanol–water partition coefficient (Wildman–Crippen LogP) is 3.59. The summed E-state index contributed by atoms with van der Waals surface area (Å²) in [5, 5.41) is 3.07. The first-order chi connectivity index (χ1) is 10.2. The number of anilines is 1. The molecule has 2 rings (SSSR count). The van der Waals surface area contributed by atoms with E-state index in [9.17, 15) is 0 Å². The van der Waals surface area contributed by atoms with Crippen LogP contribution in [0.25, 0.3) is 0 Å². The summed E-state index contributed by atoms with van der Waals surface area (Å²) in [5.41, 5.74) is 9.31. The van der Waals surface area contributed by atoms with Crippen molar-refractivity contribution in [3.8, 4) is 5.75 Å². The third-order valence-electron chi connectivity index (χ3n) is 3.29. The average Bonchev–Trinajstić information content (AvgIpc) is 2.50. The molecule has 0 unspecified atom stereocenters. The molecule has 0 bridgehead atoms. The lowest BCUT2D eigenvalue weighted by Crippen LogP contribution is -2.23. The van der Waals surface area contributed by atoms with Crippen LogP contribution >= 0.6 is 24.0 Å². The molecule has 0 aromatic heterocycles. The van der Waals surface area contributed by atoms with E-state index in [1.807, 2.05) is 36.4 Å².